The van der Waals surface area contributed by atoms with E-state index in [0.29, 0.717) is 11.3 Å². The molecule has 0 aliphatic carbocycles. The van der Waals surface area contributed by atoms with Crippen LogP contribution in [0.25, 0.3) is 0 Å². The van der Waals surface area contributed by atoms with Crippen molar-refractivity contribution in [3.63, 3.8) is 0 Å². The number of rotatable bonds is 5. The van der Waals surface area contributed by atoms with Gasteiger partial charge in [0.05, 0.1) is 24.7 Å². The zero-order chi connectivity index (χ0) is 14.3. The highest BCUT2D eigenvalue weighted by molar-refractivity contribution is 5.90. The average molecular weight is 272 g/mol. The quantitative estimate of drug-likeness (QED) is 0.837. The van der Waals surface area contributed by atoms with Crippen molar-refractivity contribution in [2.45, 2.75) is 12.6 Å². The van der Waals surface area contributed by atoms with Crippen molar-refractivity contribution in [1.82, 2.24) is 0 Å². The second kappa shape index (κ2) is 6.75. The third-order valence-electron chi connectivity index (χ3n) is 2.01. The molecule has 7 heteroatoms. The lowest BCUT2D eigenvalue weighted by Crippen LogP contribution is -2.20. The van der Waals surface area contributed by atoms with Gasteiger partial charge in [0.25, 0.3) is 0 Å². The van der Waals surface area contributed by atoms with Crippen LogP contribution < -0.4 is 5.32 Å². The predicted molar refractivity (Wildman–Crippen MR) is 61.3 cm³/mol. The number of carbonyl (C=O) groups excluding carboxylic acids is 1. The molecule has 0 aromatic heterocycles. The van der Waals surface area contributed by atoms with Crippen molar-refractivity contribution in [2.24, 2.45) is 0 Å². The van der Waals surface area contributed by atoms with Gasteiger partial charge in [0.15, 0.2) is 0 Å². The number of halogens is 3. The Kier molecular flexibility index (Phi) is 5.33. The molecular weight excluding hydrogens is 261 g/mol. The second-order valence-corrected chi connectivity index (χ2v) is 3.66. The Morgan fingerprint density at radius 1 is 1.42 bits per heavy atom. The highest BCUT2D eigenvalue weighted by Crippen LogP contribution is 2.14. The summed E-state index contributed by atoms with van der Waals surface area (Å²) in [5.41, 5.74) is 0.797. The van der Waals surface area contributed by atoms with Gasteiger partial charge < -0.3 is 10.1 Å². The van der Waals surface area contributed by atoms with E-state index in [0.717, 1.165) is 0 Å². The molecule has 1 aromatic carbocycles. The van der Waals surface area contributed by atoms with Gasteiger partial charge in [-0.15, -0.1) is 0 Å². The summed E-state index contributed by atoms with van der Waals surface area (Å²) in [6, 6.07) is 8.12. The van der Waals surface area contributed by atoms with Gasteiger partial charge in [-0.05, 0) is 18.2 Å². The molecule has 0 aliphatic rings. The van der Waals surface area contributed by atoms with Gasteiger partial charge in [-0.25, -0.2) is 0 Å². The lowest BCUT2D eigenvalue weighted by molar-refractivity contribution is -0.174. The van der Waals surface area contributed by atoms with Gasteiger partial charge in [-0.3, -0.25) is 4.79 Å². The number of anilines is 1. The van der Waals surface area contributed by atoms with Gasteiger partial charge in [0.2, 0.25) is 5.91 Å². The smallest absolute Gasteiger partial charge is 0.372 e. The zero-order valence-corrected chi connectivity index (χ0v) is 9.83. The van der Waals surface area contributed by atoms with Crippen molar-refractivity contribution in [3.8, 4) is 6.07 Å². The Morgan fingerprint density at radius 3 is 2.79 bits per heavy atom. The molecule has 0 heterocycles. The lowest BCUT2D eigenvalue weighted by atomic mass is 10.2. The van der Waals surface area contributed by atoms with E-state index < -0.39 is 18.7 Å². The van der Waals surface area contributed by atoms with Crippen molar-refractivity contribution in [2.75, 3.05) is 18.5 Å². The summed E-state index contributed by atoms with van der Waals surface area (Å²) in [7, 11) is 0. The molecule has 102 valence electrons. The third kappa shape index (κ3) is 6.43. The molecule has 0 aliphatic heterocycles. The number of hydrogen-bond acceptors (Lipinski definition) is 3. The first-order valence-electron chi connectivity index (χ1n) is 5.35. The largest absolute Gasteiger partial charge is 0.411 e. The third-order valence-corrected chi connectivity index (χ3v) is 2.01. The number of nitriles is 1. The lowest BCUT2D eigenvalue weighted by Gasteiger charge is -2.08. The summed E-state index contributed by atoms with van der Waals surface area (Å²) in [5.74, 6) is -0.475. The van der Waals surface area contributed by atoms with Gasteiger partial charge in [-0.1, -0.05) is 6.07 Å². The molecule has 1 amide bonds. The van der Waals surface area contributed by atoms with E-state index in [-0.39, 0.29) is 13.0 Å². The molecule has 4 nitrogen and oxygen atoms in total. The number of hydrogen-bond donors (Lipinski definition) is 1. The Labute approximate surface area is 107 Å². The van der Waals surface area contributed by atoms with E-state index in [9.17, 15) is 18.0 Å². The zero-order valence-electron chi connectivity index (χ0n) is 9.83. The van der Waals surface area contributed by atoms with E-state index in [1.165, 1.54) is 6.07 Å². The summed E-state index contributed by atoms with van der Waals surface area (Å²) in [6.45, 7) is -1.69. The van der Waals surface area contributed by atoms with E-state index in [1.807, 2.05) is 6.07 Å². The van der Waals surface area contributed by atoms with E-state index >= 15 is 0 Å². The highest BCUT2D eigenvalue weighted by atomic mass is 19.4. The molecule has 0 radical (unpaired) electrons. The fraction of sp³-hybridized carbons (Fsp3) is 0.333. The van der Waals surface area contributed by atoms with Crippen LogP contribution in [0, 0.1) is 11.3 Å². The first-order valence-corrected chi connectivity index (χ1v) is 5.35. The van der Waals surface area contributed by atoms with Crippen molar-refractivity contribution >= 4 is 11.6 Å². The molecule has 0 saturated carbocycles. The number of ether oxygens (including phenoxy) is 1. The minimum Gasteiger partial charge on any atom is -0.372 e. The monoisotopic (exact) mass is 272 g/mol. The molecule has 0 saturated heterocycles. The number of benzene rings is 1. The number of carbonyl (C=O) groups is 1. The normalized spacial score (nSPS) is 10.8. The summed E-state index contributed by atoms with van der Waals surface area (Å²) >= 11 is 0. The Hall–Kier alpha value is -2.07. The number of nitrogens with one attached hydrogen (secondary N) is 1. The standard InChI is InChI=1S/C12H11F3N2O2/c13-12(14,15)8-19-5-4-11(18)17-10-3-1-2-9(6-10)7-16/h1-3,6H,4-5,8H2,(H,17,18). The maximum absolute atomic E-state index is 11.8. The second-order valence-electron chi connectivity index (χ2n) is 3.66. The van der Waals surface area contributed by atoms with Crippen LogP contribution in [-0.2, 0) is 9.53 Å². The van der Waals surface area contributed by atoms with Gasteiger partial charge in [-0.2, -0.15) is 18.4 Å². The summed E-state index contributed by atoms with van der Waals surface area (Å²) in [6.07, 6.45) is -4.58. The molecule has 0 atom stereocenters. The molecule has 0 spiro atoms. The average Bonchev–Trinajstić information content (AvgIpc) is 2.34. The highest BCUT2D eigenvalue weighted by Gasteiger charge is 2.27. The SMILES string of the molecule is N#Cc1cccc(NC(=O)CCOCC(F)(F)F)c1. The summed E-state index contributed by atoms with van der Waals surface area (Å²) in [5, 5.41) is 11.1. The van der Waals surface area contributed by atoms with Crippen LogP contribution in [0.2, 0.25) is 0 Å². The van der Waals surface area contributed by atoms with E-state index in [4.69, 9.17) is 5.26 Å². The number of amides is 1. The van der Waals surface area contributed by atoms with E-state index in [2.05, 4.69) is 10.1 Å². The van der Waals surface area contributed by atoms with Crippen LogP contribution in [0.15, 0.2) is 24.3 Å². The fourth-order valence-corrected chi connectivity index (χ4v) is 1.24. The number of nitrogens with zero attached hydrogens (tertiary/aromatic N) is 1. The fourth-order valence-electron chi connectivity index (χ4n) is 1.24. The molecular formula is C12H11F3N2O2. The van der Waals surface area contributed by atoms with Crippen LogP contribution in [0.5, 0.6) is 0 Å². The maximum Gasteiger partial charge on any atom is 0.411 e. The van der Waals surface area contributed by atoms with Crippen molar-refractivity contribution < 1.29 is 22.7 Å². The van der Waals surface area contributed by atoms with Crippen LogP contribution in [0.3, 0.4) is 0 Å². The van der Waals surface area contributed by atoms with Crippen molar-refractivity contribution in [1.29, 1.82) is 5.26 Å². The van der Waals surface area contributed by atoms with Crippen LogP contribution >= 0.6 is 0 Å². The first kappa shape index (κ1) is 15.0. The summed E-state index contributed by atoms with van der Waals surface area (Å²) < 4.78 is 39.6. The molecule has 0 unspecified atom stereocenters. The Morgan fingerprint density at radius 2 is 2.16 bits per heavy atom. The molecule has 1 N–H and O–H groups in total. The first-order chi connectivity index (χ1) is 8.90. The van der Waals surface area contributed by atoms with Gasteiger partial charge >= 0.3 is 6.18 Å². The maximum atomic E-state index is 11.8. The molecule has 1 aromatic rings. The van der Waals surface area contributed by atoms with Crippen LogP contribution in [-0.4, -0.2) is 25.3 Å². The van der Waals surface area contributed by atoms with Crippen molar-refractivity contribution in [3.05, 3.63) is 29.8 Å². The molecule has 0 fully saturated rings. The molecule has 1 rings (SSSR count). The number of alkyl halides is 3. The molecule has 19 heavy (non-hydrogen) atoms. The van der Waals surface area contributed by atoms with E-state index in [1.54, 1.807) is 18.2 Å². The summed E-state index contributed by atoms with van der Waals surface area (Å²) in [4.78, 5) is 11.4. The predicted octanol–water partition coefficient (Wildman–Crippen LogP) is 2.47. The minimum atomic E-state index is -4.39. The van der Waals surface area contributed by atoms with Crippen LogP contribution in [0.4, 0.5) is 18.9 Å². The molecule has 0 bridgehead atoms. The minimum absolute atomic E-state index is 0.188. The topological polar surface area (TPSA) is 62.1 Å². The Bertz CT molecular complexity index is 481. The van der Waals surface area contributed by atoms with Gasteiger partial charge in [0.1, 0.15) is 6.61 Å². The Balaban J connectivity index is 2.33. The van der Waals surface area contributed by atoms with Crippen LogP contribution in [0.1, 0.15) is 12.0 Å². The van der Waals surface area contributed by atoms with Gasteiger partial charge in [0, 0.05) is 5.69 Å².